The summed E-state index contributed by atoms with van der Waals surface area (Å²) in [6.45, 7) is 6.09. The second kappa shape index (κ2) is 7.43. The van der Waals surface area contributed by atoms with Crippen LogP contribution in [-0.4, -0.2) is 23.1 Å². The first-order chi connectivity index (χ1) is 11.3. The Bertz CT molecular complexity index is 761. The third kappa shape index (κ3) is 3.62. The summed E-state index contributed by atoms with van der Waals surface area (Å²) in [5, 5.41) is 13.0. The number of hydrogen-bond donors (Lipinski definition) is 0. The molecule has 0 aliphatic carbocycles. The quantitative estimate of drug-likeness (QED) is 0.553. The number of nitrogens with zero attached hydrogens (tertiary/aromatic N) is 5. The third-order valence-corrected chi connectivity index (χ3v) is 4.98. The van der Waals surface area contributed by atoms with Crippen molar-refractivity contribution in [3.63, 3.8) is 0 Å². The van der Waals surface area contributed by atoms with Crippen molar-refractivity contribution in [1.29, 1.82) is 0 Å². The molecule has 23 heavy (non-hydrogen) atoms. The number of benzene rings is 1. The highest BCUT2D eigenvalue weighted by Gasteiger charge is 2.16. The number of azo groups is 1. The largest absolute Gasteiger partial charge is 0.349 e. The van der Waals surface area contributed by atoms with Gasteiger partial charge < -0.3 is 4.90 Å². The van der Waals surface area contributed by atoms with Gasteiger partial charge in [0.1, 0.15) is 5.69 Å². The van der Waals surface area contributed by atoms with E-state index in [9.17, 15) is 0 Å². The Labute approximate surface area is 143 Å². The lowest BCUT2D eigenvalue weighted by Gasteiger charge is -2.16. The van der Waals surface area contributed by atoms with Crippen molar-refractivity contribution in [2.45, 2.75) is 13.8 Å². The fourth-order valence-electron chi connectivity index (χ4n) is 2.14. The van der Waals surface area contributed by atoms with Gasteiger partial charge in [0.25, 0.3) is 0 Å². The maximum Gasteiger partial charge on any atom is 0.229 e. The number of hydrogen-bond acceptors (Lipinski definition) is 7. The van der Waals surface area contributed by atoms with Crippen LogP contribution in [0, 0.1) is 0 Å². The summed E-state index contributed by atoms with van der Waals surface area (Å²) in [5.74, 6) is 0. The molecule has 0 bridgehead atoms. The fraction of sp³-hybridized carbons (Fsp3) is 0.250. The van der Waals surface area contributed by atoms with E-state index in [0.717, 1.165) is 34.5 Å². The van der Waals surface area contributed by atoms with E-state index in [4.69, 9.17) is 4.98 Å². The van der Waals surface area contributed by atoms with Crippen LogP contribution in [0.2, 0.25) is 0 Å². The topological polar surface area (TPSA) is 53.7 Å². The standard InChI is InChI=1S/C16H17N5S2/c1-3-21(4-2)16-18-13(12-8-6-5-7-9-12)14(23-16)19-20-15-17-10-11-22-15/h5-11H,3-4H2,1-2H3/b20-19+. The summed E-state index contributed by atoms with van der Waals surface area (Å²) in [4.78, 5) is 11.2. The molecule has 0 radical (unpaired) electrons. The fourth-order valence-corrected chi connectivity index (χ4v) is 3.63. The lowest BCUT2D eigenvalue weighted by Crippen LogP contribution is -2.21. The zero-order chi connectivity index (χ0) is 16.1. The van der Waals surface area contributed by atoms with E-state index in [0.29, 0.717) is 5.13 Å². The summed E-state index contributed by atoms with van der Waals surface area (Å²) >= 11 is 3.03. The van der Waals surface area contributed by atoms with Crippen LogP contribution in [0.1, 0.15) is 13.8 Å². The SMILES string of the molecule is CCN(CC)c1nc(-c2ccccc2)c(/N=N/c2nccs2)s1. The van der Waals surface area contributed by atoms with Crippen molar-refractivity contribution < 1.29 is 0 Å². The average molecular weight is 343 g/mol. The molecule has 0 atom stereocenters. The molecule has 0 saturated carbocycles. The van der Waals surface area contributed by atoms with Crippen molar-refractivity contribution >= 4 is 37.9 Å². The van der Waals surface area contributed by atoms with Crippen LogP contribution in [0.25, 0.3) is 11.3 Å². The molecule has 1 aromatic carbocycles. The number of thiazole rings is 2. The Hall–Kier alpha value is -2.12. The van der Waals surface area contributed by atoms with Crippen LogP contribution in [0.4, 0.5) is 15.3 Å². The highest BCUT2D eigenvalue weighted by molar-refractivity contribution is 7.19. The van der Waals surface area contributed by atoms with Crippen molar-refractivity contribution in [3.05, 3.63) is 41.9 Å². The van der Waals surface area contributed by atoms with Gasteiger partial charge in [0.15, 0.2) is 10.1 Å². The van der Waals surface area contributed by atoms with E-state index in [1.807, 2.05) is 35.7 Å². The smallest absolute Gasteiger partial charge is 0.229 e. The van der Waals surface area contributed by atoms with Crippen molar-refractivity contribution in [2.75, 3.05) is 18.0 Å². The van der Waals surface area contributed by atoms with Crippen LogP contribution in [0.15, 0.2) is 52.1 Å². The van der Waals surface area contributed by atoms with Crippen molar-refractivity contribution in [1.82, 2.24) is 9.97 Å². The summed E-state index contributed by atoms with van der Waals surface area (Å²) in [6, 6.07) is 10.1. The first-order valence-corrected chi connectivity index (χ1v) is 9.13. The highest BCUT2D eigenvalue weighted by Crippen LogP contribution is 2.40. The first kappa shape index (κ1) is 15.8. The molecule has 0 fully saturated rings. The molecule has 0 amide bonds. The predicted molar refractivity (Wildman–Crippen MR) is 97.4 cm³/mol. The number of aromatic nitrogens is 2. The van der Waals surface area contributed by atoms with Gasteiger partial charge in [0, 0.05) is 30.2 Å². The van der Waals surface area contributed by atoms with Gasteiger partial charge >= 0.3 is 0 Å². The Morgan fingerprint density at radius 3 is 2.52 bits per heavy atom. The lowest BCUT2D eigenvalue weighted by atomic mass is 10.2. The molecule has 118 valence electrons. The first-order valence-electron chi connectivity index (χ1n) is 7.44. The molecule has 0 aliphatic rings. The van der Waals surface area contributed by atoms with E-state index in [-0.39, 0.29) is 0 Å². The third-order valence-electron chi connectivity index (χ3n) is 3.32. The minimum Gasteiger partial charge on any atom is -0.349 e. The van der Waals surface area contributed by atoms with E-state index >= 15 is 0 Å². The molecule has 2 aromatic heterocycles. The number of rotatable bonds is 6. The monoisotopic (exact) mass is 343 g/mol. The Morgan fingerprint density at radius 2 is 1.87 bits per heavy atom. The second-order valence-electron chi connectivity index (χ2n) is 4.70. The van der Waals surface area contributed by atoms with E-state index in [1.165, 1.54) is 11.3 Å². The summed E-state index contributed by atoms with van der Waals surface area (Å²) in [5.41, 5.74) is 1.92. The van der Waals surface area contributed by atoms with Crippen LogP contribution < -0.4 is 4.90 Å². The Morgan fingerprint density at radius 1 is 1.09 bits per heavy atom. The molecule has 5 nitrogen and oxygen atoms in total. The Kier molecular flexibility index (Phi) is 5.09. The van der Waals surface area contributed by atoms with Gasteiger partial charge in [-0.25, -0.2) is 9.97 Å². The molecular formula is C16H17N5S2. The number of anilines is 1. The van der Waals surface area contributed by atoms with Crippen molar-refractivity contribution in [3.8, 4) is 11.3 Å². The molecule has 3 aromatic rings. The highest BCUT2D eigenvalue weighted by atomic mass is 32.1. The van der Waals surface area contributed by atoms with Gasteiger partial charge in [-0.2, -0.15) is 0 Å². The summed E-state index contributed by atoms with van der Waals surface area (Å²) in [6.07, 6.45) is 1.73. The molecule has 7 heteroatoms. The summed E-state index contributed by atoms with van der Waals surface area (Å²) < 4.78 is 0. The van der Waals surface area contributed by atoms with Gasteiger partial charge in [-0.15, -0.1) is 21.6 Å². The zero-order valence-electron chi connectivity index (χ0n) is 13.0. The van der Waals surface area contributed by atoms with Gasteiger partial charge in [0.05, 0.1) is 0 Å². The predicted octanol–water partition coefficient (Wildman–Crippen LogP) is 5.53. The minimum atomic E-state index is 0.654. The molecule has 2 heterocycles. The zero-order valence-corrected chi connectivity index (χ0v) is 14.6. The molecule has 0 aliphatic heterocycles. The average Bonchev–Trinajstić information content (AvgIpc) is 3.25. The maximum atomic E-state index is 4.80. The van der Waals surface area contributed by atoms with Crippen LogP contribution >= 0.6 is 22.7 Å². The molecule has 0 N–H and O–H groups in total. The van der Waals surface area contributed by atoms with Crippen LogP contribution in [0.5, 0.6) is 0 Å². The van der Waals surface area contributed by atoms with Crippen LogP contribution in [0.3, 0.4) is 0 Å². The maximum absolute atomic E-state index is 4.80. The normalized spacial score (nSPS) is 11.2. The van der Waals surface area contributed by atoms with Crippen LogP contribution in [-0.2, 0) is 0 Å². The molecule has 0 unspecified atom stereocenters. The van der Waals surface area contributed by atoms with Gasteiger partial charge in [-0.1, -0.05) is 41.7 Å². The van der Waals surface area contributed by atoms with E-state index in [2.05, 4.69) is 34.0 Å². The molecule has 0 spiro atoms. The molecule has 3 rings (SSSR count). The van der Waals surface area contributed by atoms with Gasteiger partial charge in [0.2, 0.25) is 5.13 Å². The van der Waals surface area contributed by atoms with E-state index in [1.54, 1.807) is 17.5 Å². The van der Waals surface area contributed by atoms with E-state index < -0.39 is 0 Å². The van der Waals surface area contributed by atoms with Gasteiger partial charge in [-0.05, 0) is 13.8 Å². The second-order valence-corrected chi connectivity index (χ2v) is 6.53. The van der Waals surface area contributed by atoms with Gasteiger partial charge in [-0.3, -0.25) is 0 Å². The summed E-state index contributed by atoms with van der Waals surface area (Å²) in [7, 11) is 0. The minimum absolute atomic E-state index is 0.654. The molecule has 0 saturated heterocycles. The lowest BCUT2D eigenvalue weighted by molar-refractivity contribution is 0.860. The Balaban J connectivity index is 2.01. The van der Waals surface area contributed by atoms with Crippen molar-refractivity contribution in [2.24, 2.45) is 10.2 Å². The molecular weight excluding hydrogens is 326 g/mol.